The van der Waals surface area contributed by atoms with E-state index in [0.717, 1.165) is 45.4 Å². The molecule has 8 rings (SSSR count). The van der Waals surface area contributed by atoms with Crippen LogP contribution in [0.2, 0.25) is 0 Å². The molecule has 0 amide bonds. The third-order valence-corrected chi connectivity index (χ3v) is 10.7. The van der Waals surface area contributed by atoms with E-state index < -0.39 is 23.7 Å². The molecule has 13 nitrogen and oxygen atoms in total. The van der Waals surface area contributed by atoms with Crippen molar-refractivity contribution < 1.29 is 42.0 Å². The number of carboxylic acids is 2. The number of nitrogens with zero attached hydrogens (tertiary/aromatic N) is 7. The smallest absolute Gasteiger partial charge is 0.416 e. The van der Waals surface area contributed by atoms with Gasteiger partial charge in [-0.25, -0.2) is 0 Å². The standard InChI is InChI=1S/C25H24N4O3.C24H22F3N3O3/c1-16(2)13-17-8-9-18(14-19(17)15-26)25-27-24(28-32-25)21-5-3-6-22-20(21)10-12-29(22)11-4-7-23(30)31;1-14(2)12-15-6-7-16(13-19(15)24(25,26)27)23-28-22(29-33-23)18-4-3-5-20-17(18)8-10-30(20)11-9-21(31)32/h3,5-6,8-10,12,14,16H,4,7,11,13H2,1-2H3,(H,30,31);3-8,10,13-14H,9,11-12H2,1-2H3,(H,31,32). The summed E-state index contributed by atoms with van der Waals surface area (Å²) in [5, 5.41) is 37.3. The first-order valence-corrected chi connectivity index (χ1v) is 21.1. The Balaban J connectivity index is 0.000000194. The summed E-state index contributed by atoms with van der Waals surface area (Å²) in [6.45, 7) is 8.92. The van der Waals surface area contributed by atoms with Crippen molar-refractivity contribution in [3.05, 3.63) is 120 Å². The van der Waals surface area contributed by atoms with E-state index in [4.69, 9.17) is 19.3 Å². The highest BCUT2D eigenvalue weighted by atomic mass is 19.4. The zero-order chi connectivity index (χ0) is 46.4. The molecule has 4 aromatic carbocycles. The van der Waals surface area contributed by atoms with Crippen molar-refractivity contribution in [3.63, 3.8) is 0 Å². The zero-order valence-corrected chi connectivity index (χ0v) is 36.1. The number of carbonyl (C=O) groups is 2. The van der Waals surface area contributed by atoms with Gasteiger partial charge in [0.1, 0.15) is 0 Å². The average Bonchev–Trinajstić information content (AvgIpc) is 4.10. The van der Waals surface area contributed by atoms with Crippen LogP contribution in [0.3, 0.4) is 0 Å². The maximum absolute atomic E-state index is 13.6. The van der Waals surface area contributed by atoms with E-state index >= 15 is 0 Å². The van der Waals surface area contributed by atoms with Crippen molar-refractivity contribution in [2.75, 3.05) is 0 Å². The average molecular weight is 886 g/mol. The Morgan fingerprint density at radius 2 is 1.20 bits per heavy atom. The van der Waals surface area contributed by atoms with Crippen LogP contribution in [0.5, 0.6) is 0 Å². The fraction of sp³-hybridized carbons (Fsp3) is 0.286. The number of hydrogen-bond acceptors (Lipinski definition) is 9. The fourth-order valence-corrected chi connectivity index (χ4v) is 7.77. The van der Waals surface area contributed by atoms with Crippen LogP contribution in [0.25, 0.3) is 67.5 Å². The predicted molar refractivity (Wildman–Crippen MR) is 237 cm³/mol. The van der Waals surface area contributed by atoms with Crippen LogP contribution in [0, 0.1) is 23.2 Å². The summed E-state index contributed by atoms with van der Waals surface area (Å²) in [5.74, 6) is -0.0775. The second kappa shape index (κ2) is 19.5. The van der Waals surface area contributed by atoms with Crippen LogP contribution < -0.4 is 0 Å². The number of hydrogen-bond donors (Lipinski definition) is 2. The molecule has 0 unspecified atom stereocenters. The van der Waals surface area contributed by atoms with Crippen molar-refractivity contribution in [2.24, 2.45) is 11.8 Å². The SMILES string of the molecule is CC(C)Cc1ccc(-c2nc(-c3cccc4c3ccn4CCC(=O)O)no2)cc1C(F)(F)F.CC(C)Cc1ccc(-c2nc(-c3cccc4c3ccn4CCCC(=O)O)no2)cc1C#N. The molecule has 8 aromatic rings. The summed E-state index contributed by atoms with van der Waals surface area (Å²) >= 11 is 0. The number of aromatic nitrogens is 6. The molecule has 0 atom stereocenters. The number of benzene rings is 4. The number of carboxylic acid groups (broad SMARTS) is 2. The molecular weight excluding hydrogens is 840 g/mol. The number of halogens is 3. The molecule has 65 heavy (non-hydrogen) atoms. The maximum Gasteiger partial charge on any atom is 0.416 e. The lowest BCUT2D eigenvalue weighted by Crippen LogP contribution is -2.11. The Morgan fingerprint density at radius 1 is 0.692 bits per heavy atom. The minimum atomic E-state index is -4.49. The quantitative estimate of drug-likeness (QED) is 0.0997. The van der Waals surface area contributed by atoms with Gasteiger partial charge in [-0.05, 0) is 90.8 Å². The van der Waals surface area contributed by atoms with Crippen molar-refractivity contribution in [2.45, 2.75) is 79.1 Å². The largest absolute Gasteiger partial charge is 0.481 e. The van der Waals surface area contributed by atoms with E-state index in [1.807, 2.05) is 77.7 Å². The van der Waals surface area contributed by atoms with Crippen LogP contribution in [0.15, 0.2) is 106 Å². The van der Waals surface area contributed by atoms with Crippen molar-refractivity contribution >= 4 is 33.7 Å². The number of aliphatic carboxylic acids is 2. The topological polar surface area (TPSA) is 186 Å². The van der Waals surface area contributed by atoms with Gasteiger partial charge in [-0.2, -0.15) is 28.4 Å². The van der Waals surface area contributed by atoms with Crippen molar-refractivity contribution in [3.8, 4) is 51.8 Å². The van der Waals surface area contributed by atoms with Crippen LogP contribution in [-0.2, 0) is 41.7 Å². The van der Waals surface area contributed by atoms with Gasteiger partial charge in [-0.15, -0.1) is 0 Å². The van der Waals surface area contributed by atoms with Gasteiger partial charge in [0.05, 0.1) is 23.6 Å². The number of nitriles is 1. The van der Waals surface area contributed by atoms with E-state index in [0.29, 0.717) is 60.3 Å². The molecule has 0 aliphatic heterocycles. The van der Waals surface area contributed by atoms with E-state index in [-0.39, 0.29) is 41.6 Å². The predicted octanol–water partition coefficient (Wildman–Crippen LogP) is 11.3. The number of fused-ring (bicyclic) bond motifs is 2. The molecule has 4 aromatic heterocycles. The zero-order valence-electron chi connectivity index (χ0n) is 36.1. The van der Waals surface area contributed by atoms with Gasteiger partial charge in [0.15, 0.2) is 0 Å². The molecule has 4 heterocycles. The van der Waals surface area contributed by atoms with Crippen LogP contribution in [0.1, 0.15) is 69.2 Å². The van der Waals surface area contributed by atoms with E-state index in [2.05, 4.69) is 40.2 Å². The minimum absolute atomic E-state index is 0.00564. The second-order valence-electron chi connectivity index (χ2n) is 16.5. The Labute approximate surface area is 371 Å². The lowest BCUT2D eigenvalue weighted by molar-refractivity contribution is -0.138. The Bertz CT molecular complexity index is 3020. The monoisotopic (exact) mass is 885 g/mol. The van der Waals surface area contributed by atoms with Gasteiger partial charge in [0.25, 0.3) is 11.8 Å². The number of rotatable bonds is 15. The molecule has 334 valence electrons. The van der Waals surface area contributed by atoms with E-state index in [9.17, 15) is 28.0 Å². The molecule has 0 aliphatic carbocycles. The Morgan fingerprint density at radius 3 is 1.71 bits per heavy atom. The maximum atomic E-state index is 13.6. The summed E-state index contributed by atoms with van der Waals surface area (Å²) in [7, 11) is 0. The molecule has 0 fully saturated rings. The van der Waals surface area contributed by atoms with Gasteiger partial charge in [-0.1, -0.05) is 74.4 Å². The van der Waals surface area contributed by atoms with Crippen LogP contribution in [0.4, 0.5) is 13.2 Å². The highest BCUT2D eigenvalue weighted by molar-refractivity contribution is 5.95. The summed E-state index contributed by atoms with van der Waals surface area (Å²) in [5.41, 5.74) is 5.35. The summed E-state index contributed by atoms with van der Waals surface area (Å²) in [6.07, 6.45) is 1.06. The first-order valence-electron chi connectivity index (χ1n) is 21.1. The summed E-state index contributed by atoms with van der Waals surface area (Å²) in [6, 6.07) is 27.1. The molecule has 0 spiro atoms. The Hall–Kier alpha value is -7.54. The number of alkyl halides is 3. The minimum Gasteiger partial charge on any atom is -0.481 e. The third kappa shape index (κ3) is 10.6. The first-order chi connectivity index (χ1) is 31.1. The molecule has 16 heteroatoms. The van der Waals surface area contributed by atoms with Gasteiger partial charge < -0.3 is 28.4 Å². The van der Waals surface area contributed by atoms with Crippen molar-refractivity contribution in [1.82, 2.24) is 29.4 Å². The summed E-state index contributed by atoms with van der Waals surface area (Å²) in [4.78, 5) is 30.6. The molecule has 2 N–H and O–H groups in total. The fourth-order valence-electron chi connectivity index (χ4n) is 7.77. The molecule has 0 saturated carbocycles. The third-order valence-electron chi connectivity index (χ3n) is 10.7. The van der Waals surface area contributed by atoms with Gasteiger partial charge in [0.2, 0.25) is 11.6 Å². The van der Waals surface area contributed by atoms with Crippen LogP contribution in [-0.4, -0.2) is 51.6 Å². The second-order valence-corrected chi connectivity index (χ2v) is 16.5. The molecular formula is C49H46F3N7O6. The normalized spacial score (nSPS) is 11.6. The lowest BCUT2D eigenvalue weighted by Gasteiger charge is -2.15. The molecule has 0 saturated heterocycles. The highest BCUT2D eigenvalue weighted by Gasteiger charge is 2.34. The first kappa shape index (κ1) is 45.5. The number of aryl methyl sites for hydroxylation is 2. The van der Waals surface area contributed by atoms with E-state index in [1.165, 1.54) is 6.07 Å². The molecule has 0 radical (unpaired) electrons. The van der Waals surface area contributed by atoms with Gasteiger partial charge in [0, 0.05) is 76.0 Å². The highest BCUT2D eigenvalue weighted by Crippen LogP contribution is 2.37. The van der Waals surface area contributed by atoms with Crippen LogP contribution >= 0.6 is 0 Å². The molecule has 0 bridgehead atoms. The Kier molecular flexibility index (Phi) is 13.6. The lowest BCUT2D eigenvalue weighted by atomic mass is 9.96. The van der Waals surface area contributed by atoms with Gasteiger partial charge in [-0.3, -0.25) is 9.59 Å². The van der Waals surface area contributed by atoms with Crippen molar-refractivity contribution in [1.29, 1.82) is 5.26 Å². The van der Waals surface area contributed by atoms with E-state index in [1.54, 1.807) is 30.5 Å². The van der Waals surface area contributed by atoms with Gasteiger partial charge >= 0.3 is 18.1 Å². The molecule has 0 aliphatic rings. The summed E-state index contributed by atoms with van der Waals surface area (Å²) < 4.78 is 55.6.